The van der Waals surface area contributed by atoms with Crippen molar-refractivity contribution in [1.82, 2.24) is 5.32 Å². The Morgan fingerprint density at radius 1 is 0.969 bits per heavy atom. The topological polar surface area (TPSA) is 46.0 Å². The van der Waals surface area contributed by atoms with Gasteiger partial charge < -0.3 is 19.9 Å². The number of anilines is 1. The number of quaternary nitrogens is 1. The largest absolute Gasteiger partial charge is 0.497 e. The Morgan fingerprint density at radius 3 is 2.34 bits per heavy atom. The molecule has 3 aromatic carbocycles. The molecule has 0 unspecified atom stereocenters. The first-order valence-corrected chi connectivity index (χ1v) is 11.3. The summed E-state index contributed by atoms with van der Waals surface area (Å²) in [5, 5.41) is 3.30. The van der Waals surface area contributed by atoms with E-state index in [0.29, 0.717) is 6.54 Å². The van der Waals surface area contributed by atoms with Gasteiger partial charge in [0.25, 0.3) is 5.91 Å². The predicted octanol–water partition coefficient (Wildman–Crippen LogP) is 2.50. The van der Waals surface area contributed by atoms with Crippen LogP contribution < -0.4 is 19.9 Å². The van der Waals surface area contributed by atoms with Crippen LogP contribution in [0.25, 0.3) is 0 Å². The summed E-state index contributed by atoms with van der Waals surface area (Å²) < 4.78 is 5.35. The van der Waals surface area contributed by atoms with Crippen LogP contribution in [0.5, 0.6) is 5.75 Å². The maximum Gasteiger partial charge on any atom is 0.275 e. The number of piperazine rings is 1. The lowest BCUT2D eigenvalue weighted by molar-refractivity contribution is -0.892. The number of carbonyl (C=O) groups is 1. The fourth-order valence-electron chi connectivity index (χ4n) is 4.32. The van der Waals surface area contributed by atoms with E-state index in [1.165, 1.54) is 16.2 Å². The molecule has 1 saturated heterocycles. The highest BCUT2D eigenvalue weighted by atomic mass is 16.5. The molecule has 166 valence electrons. The van der Waals surface area contributed by atoms with Gasteiger partial charge in [-0.15, -0.1) is 0 Å². The van der Waals surface area contributed by atoms with E-state index in [0.717, 1.165) is 43.9 Å². The predicted molar refractivity (Wildman–Crippen MR) is 128 cm³/mol. The van der Waals surface area contributed by atoms with Gasteiger partial charge in [0.1, 0.15) is 5.75 Å². The molecule has 0 aliphatic carbocycles. The molecular formula is C27H32N3O2+. The third-order valence-corrected chi connectivity index (χ3v) is 6.12. The van der Waals surface area contributed by atoms with E-state index < -0.39 is 0 Å². The molecule has 0 spiro atoms. The number of hydrogen-bond donors (Lipinski definition) is 2. The van der Waals surface area contributed by atoms with Crippen LogP contribution in [0, 0.1) is 0 Å². The zero-order valence-electron chi connectivity index (χ0n) is 18.7. The summed E-state index contributed by atoms with van der Waals surface area (Å²) in [5.41, 5.74) is 3.54. The second-order valence-electron chi connectivity index (χ2n) is 8.34. The van der Waals surface area contributed by atoms with Crippen LogP contribution in [0.4, 0.5) is 5.69 Å². The van der Waals surface area contributed by atoms with Crippen molar-refractivity contribution in [2.24, 2.45) is 0 Å². The van der Waals surface area contributed by atoms with Crippen molar-refractivity contribution in [3.63, 3.8) is 0 Å². The molecule has 0 saturated carbocycles. The molecule has 5 nitrogen and oxygen atoms in total. The average Bonchev–Trinajstić information content (AvgIpc) is 2.85. The van der Waals surface area contributed by atoms with Crippen LogP contribution in [0.1, 0.15) is 17.2 Å². The monoisotopic (exact) mass is 430 g/mol. The molecule has 1 aliphatic rings. The van der Waals surface area contributed by atoms with Crippen LogP contribution in [0.15, 0.2) is 84.9 Å². The molecule has 1 atom stereocenters. The average molecular weight is 431 g/mol. The van der Waals surface area contributed by atoms with Crippen LogP contribution in [0.2, 0.25) is 0 Å². The summed E-state index contributed by atoms with van der Waals surface area (Å²) in [6.07, 6.45) is 0.787. The number of rotatable bonds is 8. The van der Waals surface area contributed by atoms with Crippen molar-refractivity contribution in [2.45, 2.75) is 12.5 Å². The number of hydrogen-bond acceptors (Lipinski definition) is 3. The summed E-state index contributed by atoms with van der Waals surface area (Å²) in [6, 6.07) is 28.8. The van der Waals surface area contributed by atoms with Crippen LogP contribution in [-0.4, -0.2) is 45.7 Å². The first-order chi connectivity index (χ1) is 15.7. The van der Waals surface area contributed by atoms with Gasteiger partial charge in [0.05, 0.1) is 39.3 Å². The van der Waals surface area contributed by atoms with E-state index in [4.69, 9.17) is 4.74 Å². The molecule has 1 fully saturated rings. The first kappa shape index (κ1) is 21.9. The van der Waals surface area contributed by atoms with Crippen molar-refractivity contribution in [1.29, 1.82) is 0 Å². The summed E-state index contributed by atoms with van der Waals surface area (Å²) in [5.74, 6) is 0.988. The lowest BCUT2D eigenvalue weighted by atomic mass is 9.99. The second kappa shape index (κ2) is 10.8. The molecule has 4 rings (SSSR count). The molecule has 0 aromatic heterocycles. The molecule has 0 radical (unpaired) electrons. The number of amides is 1. The van der Waals surface area contributed by atoms with Crippen molar-refractivity contribution >= 4 is 11.6 Å². The first-order valence-electron chi connectivity index (χ1n) is 11.3. The van der Waals surface area contributed by atoms with Gasteiger partial charge in [-0.3, -0.25) is 4.79 Å². The Hall–Kier alpha value is -3.31. The van der Waals surface area contributed by atoms with Crippen LogP contribution >= 0.6 is 0 Å². The van der Waals surface area contributed by atoms with Gasteiger partial charge in [0, 0.05) is 11.8 Å². The summed E-state index contributed by atoms with van der Waals surface area (Å²) in [6.45, 7) is 4.26. The van der Waals surface area contributed by atoms with E-state index in [2.05, 4.69) is 46.6 Å². The van der Waals surface area contributed by atoms with E-state index in [1.54, 1.807) is 7.11 Å². The molecule has 1 aliphatic heterocycles. The Bertz CT molecular complexity index is 986. The Kier molecular flexibility index (Phi) is 7.41. The molecule has 1 amide bonds. The van der Waals surface area contributed by atoms with E-state index in [9.17, 15) is 4.79 Å². The van der Waals surface area contributed by atoms with E-state index in [-0.39, 0.29) is 11.9 Å². The van der Waals surface area contributed by atoms with Gasteiger partial charge in [-0.25, -0.2) is 0 Å². The minimum atomic E-state index is -0.0245. The normalized spacial score (nSPS) is 15.2. The van der Waals surface area contributed by atoms with Gasteiger partial charge >= 0.3 is 0 Å². The zero-order valence-corrected chi connectivity index (χ0v) is 18.7. The van der Waals surface area contributed by atoms with Crippen LogP contribution in [0.3, 0.4) is 0 Å². The molecular weight excluding hydrogens is 398 g/mol. The molecule has 1 heterocycles. The highest BCUT2D eigenvalue weighted by molar-refractivity contribution is 5.77. The summed E-state index contributed by atoms with van der Waals surface area (Å²) >= 11 is 0. The number of ether oxygens (including phenoxy) is 1. The lowest BCUT2D eigenvalue weighted by Gasteiger charge is -2.33. The summed E-state index contributed by atoms with van der Waals surface area (Å²) in [7, 11) is 1.69. The Labute approximate surface area is 190 Å². The SMILES string of the molecule is COc1cccc(N2CC[NH+](CC(=O)N[C@@H](Cc3ccccc3)c3ccccc3)CC2)c1. The number of benzene rings is 3. The highest BCUT2D eigenvalue weighted by Crippen LogP contribution is 2.21. The molecule has 0 bridgehead atoms. The van der Waals surface area contributed by atoms with Crippen molar-refractivity contribution < 1.29 is 14.4 Å². The van der Waals surface area contributed by atoms with Crippen molar-refractivity contribution in [3.05, 3.63) is 96.1 Å². The molecule has 5 heteroatoms. The van der Waals surface area contributed by atoms with Gasteiger partial charge in [-0.2, -0.15) is 0 Å². The van der Waals surface area contributed by atoms with Crippen LogP contribution in [-0.2, 0) is 11.2 Å². The Morgan fingerprint density at radius 2 is 1.66 bits per heavy atom. The molecule has 2 N–H and O–H groups in total. The minimum absolute atomic E-state index is 0.0245. The second-order valence-corrected chi connectivity index (χ2v) is 8.34. The smallest absolute Gasteiger partial charge is 0.275 e. The van der Waals surface area contributed by atoms with E-state index >= 15 is 0 Å². The molecule has 3 aromatic rings. The zero-order chi connectivity index (χ0) is 22.2. The van der Waals surface area contributed by atoms with E-state index in [1.807, 2.05) is 48.5 Å². The van der Waals surface area contributed by atoms with Gasteiger partial charge in [-0.05, 0) is 29.7 Å². The standard InChI is InChI=1S/C27H31N3O2/c1-32-25-14-8-13-24(20-25)30-17-15-29(16-18-30)21-27(31)28-26(23-11-6-3-7-12-23)19-22-9-4-2-5-10-22/h2-14,20,26H,15-19,21H2,1H3,(H,28,31)/p+1/t26-/m0/s1. The maximum absolute atomic E-state index is 13.0. The Balaban J connectivity index is 1.33. The quantitative estimate of drug-likeness (QED) is 0.577. The fourth-order valence-corrected chi connectivity index (χ4v) is 4.32. The maximum atomic E-state index is 13.0. The third kappa shape index (κ3) is 5.89. The lowest BCUT2D eigenvalue weighted by Crippen LogP contribution is -3.16. The third-order valence-electron chi connectivity index (χ3n) is 6.12. The van der Waals surface area contributed by atoms with Gasteiger partial charge in [0.15, 0.2) is 6.54 Å². The van der Waals surface area contributed by atoms with Crippen molar-refractivity contribution in [2.75, 3.05) is 44.7 Å². The van der Waals surface area contributed by atoms with Crippen molar-refractivity contribution in [3.8, 4) is 5.75 Å². The van der Waals surface area contributed by atoms with Gasteiger partial charge in [0.2, 0.25) is 0 Å². The number of carbonyl (C=O) groups excluding carboxylic acids is 1. The number of methoxy groups -OCH3 is 1. The fraction of sp³-hybridized carbons (Fsp3) is 0.296. The van der Waals surface area contributed by atoms with Gasteiger partial charge in [-0.1, -0.05) is 66.7 Å². The highest BCUT2D eigenvalue weighted by Gasteiger charge is 2.24. The number of nitrogens with zero attached hydrogens (tertiary/aromatic N) is 1. The molecule has 32 heavy (non-hydrogen) atoms. The number of nitrogens with one attached hydrogen (secondary N) is 2. The minimum Gasteiger partial charge on any atom is -0.497 e. The summed E-state index contributed by atoms with van der Waals surface area (Å²) in [4.78, 5) is 16.7.